The Kier molecular flexibility index (Phi) is 5.06. The van der Waals surface area contributed by atoms with Crippen LogP contribution in [0.4, 0.5) is 0 Å². The number of hydrogen-bond acceptors (Lipinski definition) is 4. The number of nitrogens with one attached hydrogen (secondary N) is 1. The van der Waals surface area contributed by atoms with E-state index in [4.69, 9.17) is 0 Å². The Morgan fingerprint density at radius 3 is 2.62 bits per heavy atom. The second kappa shape index (κ2) is 6.46. The van der Waals surface area contributed by atoms with Crippen molar-refractivity contribution in [3.63, 3.8) is 0 Å². The first-order valence-corrected chi connectivity index (χ1v) is 9.00. The van der Waals surface area contributed by atoms with Crippen LogP contribution in [-0.2, 0) is 17.1 Å². The average Bonchev–Trinajstić information content (AvgIpc) is 2.70. The molecule has 7 heteroatoms. The van der Waals surface area contributed by atoms with Gasteiger partial charge in [-0.15, -0.1) is 0 Å². The van der Waals surface area contributed by atoms with Gasteiger partial charge in [0, 0.05) is 19.6 Å². The van der Waals surface area contributed by atoms with Crippen LogP contribution < -0.4 is 5.32 Å². The minimum atomic E-state index is -3.46. The van der Waals surface area contributed by atoms with E-state index < -0.39 is 10.0 Å². The van der Waals surface area contributed by atoms with Gasteiger partial charge in [0.05, 0.1) is 11.4 Å². The maximum atomic E-state index is 13.1. The molecule has 1 atom stereocenters. The third-order valence-electron chi connectivity index (χ3n) is 4.31. The lowest BCUT2D eigenvalue weighted by molar-refractivity contribution is 0.240. The SMILES string of the molecule is CNCCC1CCCCN1S(=O)(=O)c1c(C)nn(C)c1C. The van der Waals surface area contributed by atoms with Gasteiger partial charge in [-0.2, -0.15) is 9.40 Å². The molecular weight excluding hydrogens is 288 g/mol. The molecule has 1 unspecified atom stereocenters. The third kappa shape index (κ3) is 3.14. The lowest BCUT2D eigenvalue weighted by Gasteiger charge is -2.34. The van der Waals surface area contributed by atoms with Crippen molar-refractivity contribution in [3.8, 4) is 0 Å². The Bertz CT molecular complexity index is 594. The van der Waals surface area contributed by atoms with Crippen LogP contribution in [0, 0.1) is 13.8 Å². The smallest absolute Gasteiger partial charge is 0.246 e. The van der Waals surface area contributed by atoms with Crippen molar-refractivity contribution in [3.05, 3.63) is 11.4 Å². The van der Waals surface area contributed by atoms with Crippen LogP contribution in [0.25, 0.3) is 0 Å². The summed E-state index contributed by atoms with van der Waals surface area (Å²) < 4.78 is 29.5. The standard InChI is InChI=1S/C14H26N4O2S/c1-11-14(12(2)17(4)16-11)21(19,20)18-10-6-5-7-13(18)8-9-15-3/h13,15H,5-10H2,1-4H3. The molecule has 6 nitrogen and oxygen atoms in total. The molecule has 1 aliphatic rings. The van der Waals surface area contributed by atoms with E-state index in [2.05, 4.69) is 10.4 Å². The van der Waals surface area contributed by atoms with E-state index in [1.807, 2.05) is 14.0 Å². The Labute approximate surface area is 127 Å². The van der Waals surface area contributed by atoms with Crippen LogP contribution in [0.1, 0.15) is 37.1 Å². The van der Waals surface area contributed by atoms with Crippen molar-refractivity contribution < 1.29 is 8.42 Å². The first-order valence-electron chi connectivity index (χ1n) is 7.56. The zero-order valence-corrected chi connectivity index (χ0v) is 14.2. The summed E-state index contributed by atoms with van der Waals surface area (Å²) in [7, 11) is 0.228. The van der Waals surface area contributed by atoms with Crippen molar-refractivity contribution in [2.45, 2.75) is 50.5 Å². The van der Waals surface area contributed by atoms with E-state index in [-0.39, 0.29) is 6.04 Å². The Balaban J connectivity index is 2.36. The number of rotatable bonds is 5. The zero-order chi connectivity index (χ0) is 15.6. The predicted octanol–water partition coefficient (Wildman–Crippen LogP) is 1.19. The van der Waals surface area contributed by atoms with Gasteiger partial charge < -0.3 is 5.32 Å². The molecular formula is C14H26N4O2S. The Morgan fingerprint density at radius 1 is 1.33 bits per heavy atom. The molecule has 0 saturated carbocycles. The number of nitrogens with zero attached hydrogens (tertiary/aromatic N) is 3. The fraction of sp³-hybridized carbons (Fsp3) is 0.786. The lowest BCUT2D eigenvalue weighted by Crippen LogP contribution is -2.45. The summed E-state index contributed by atoms with van der Waals surface area (Å²) in [6, 6.07) is 0.0928. The van der Waals surface area contributed by atoms with Crippen molar-refractivity contribution in [2.24, 2.45) is 7.05 Å². The second-order valence-electron chi connectivity index (χ2n) is 5.78. The van der Waals surface area contributed by atoms with E-state index in [0.29, 0.717) is 22.8 Å². The number of sulfonamides is 1. The highest BCUT2D eigenvalue weighted by atomic mass is 32.2. The average molecular weight is 314 g/mol. The molecule has 0 aromatic carbocycles. The molecule has 0 aliphatic carbocycles. The first kappa shape index (κ1) is 16.5. The molecule has 1 fully saturated rings. The van der Waals surface area contributed by atoms with Gasteiger partial charge in [0.15, 0.2) is 0 Å². The molecule has 120 valence electrons. The fourth-order valence-electron chi connectivity index (χ4n) is 3.13. The van der Waals surface area contributed by atoms with Crippen LogP contribution in [0.15, 0.2) is 4.90 Å². The van der Waals surface area contributed by atoms with E-state index in [9.17, 15) is 8.42 Å². The summed E-state index contributed by atoms with van der Waals surface area (Å²) in [6.07, 6.45) is 3.84. The van der Waals surface area contributed by atoms with Gasteiger partial charge in [-0.05, 0) is 46.7 Å². The van der Waals surface area contributed by atoms with Gasteiger partial charge in [0.25, 0.3) is 0 Å². The van der Waals surface area contributed by atoms with Crippen molar-refractivity contribution in [2.75, 3.05) is 20.1 Å². The van der Waals surface area contributed by atoms with Crippen molar-refractivity contribution in [1.82, 2.24) is 19.4 Å². The van der Waals surface area contributed by atoms with Crippen LogP contribution in [0.2, 0.25) is 0 Å². The van der Waals surface area contributed by atoms with Gasteiger partial charge in [-0.3, -0.25) is 4.68 Å². The van der Waals surface area contributed by atoms with Gasteiger partial charge in [0.2, 0.25) is 10.0 Å². The van der Waals surface area contributed by atoms with E-state index in [1.165, 1.54) is 0 Å². The van der Waals surface area contributed by atoms with Crippen LogP contribution in [0.5, 0.6) is 0 Å². The summed E-state index contributed by atoms with van der Waals surface area (Å²) >= 11 is 0. The highest BCUT2D eigenvalue weighted by Gasteiger charge is 2.36. The summed E-state index contributed by atoms with van der Waals surface area (Å²) in [4.78, 5) is 0.390. The van der Waals surface area contributed by atoms with Crippen LogP contribution >= 0.6 is 0 Å². The topological polar surface area (TPSA) is 67.2 Å². The molecule has 1 saturated heterocycles. The maximum Gasteiger partial charge on any atom is 0.246 e. The minimum absolute atomic E-state index is 0.0928. The molecule has 0 radical (unpaired) electrons. The monoisotopic (exact) mass is 314 g/mol. The summed E-state index contributed by atoms with van der Waals surface area (Å²) in [6.45, 7) is 5.04. The maximum absolute atomic E-state index is 13.1. The Morgan fingerprint density at radius 2 is 2.05 bits per heavy atom. The quantitative estimate of drug-likeness (QED) is 0.886. The summed E-state index contributed by atoms with van der Waals surface area (Å²) in [5.41, 5.74) is 1.30. The molecule has 0 spiro atoms. The minimum Gasteiger partial charge on any atom is -0.320 e. The molecule has 0 amide bonds. The van der Waals surface area contributed by atoms with Gasteiger partial charge in [-0.25, -0.2) is 8.42 Å². The zero-order valence-electron chi connectivity index (χ0n) is 13.4. The molecule has 2 heterocycles. The highest BCUT2D eigenvalue weighted by molar-refractivity contribution is 7.89. The predicted molar refractivity (Wildman–Crippen MR) is 82.8 cm³/mol. The number of aromatic nitrogens is 2. The van der Waals surface area contributed by atoms with E-state index in [1.54, 1.807) is 23.0 Å². The molecule has 1 aromatic heterocycles. The van der Waals surface area contributed by atoms with Crippen LogP contribution in [0.3, 0.4) is 0 Å². The first-order chi connectivity index (χ1) is 9.89. The lowest BCUT2D eigenvalue weighted by atomic mass is 10.0. The summed E-state index contributed by atoms with van der Waals surface area (Å²) in [5, 5.41) is 7.37. The Hall–Kier alpha value is -0.920. The third-order valence-corrected chi connectivity index (χ3v) is 6.51. The van der Waals surface area contributed by atoms with Gasteiger partial charge in [-0.1, -0.05) is 6.42 Å². The summed E-state index contributed by atoms with van der Waals surface area (Å²) in [5.74, 6) is 0. The number of hydrogen-bond donors (Lipinski definition) is 1. The number of piperidine rings is 1. The highest BCUT2D eigenvalue weighted by Crippen LogP contribution is 2.29. The fourth-order valence-corrected chi connectivity index (χ4v) is 5.26. The van der Waals surface area contributed by atoms with E-state index in [0.717, 1.165) is 32.2 Å². The number of aryl methyl sites for hydroxylation is 2. The molecule has 1 N–H and O–H groups in total. The van der Waals surface area contributed by atoms with Crippen molar-refractivity contribution in [1.29, 1.82) is 0 Å². The molecule has 1 aliphatic heterocycles. The van der Waals surface area contributed by atoms with Gasteiger partial charge >= 0.3 is 0 Å². The molecule has 0 bridgehead atoms. The molecule has 1 aromatic rings. The van der Waals surface area contributed by atoms with Crippen LogP contribution in [-0.4, -0.2) is 48.7 Å². The van der Waals surface area contributed by atoms with Gasteiger partial charge in [0.1, 0.15) is 4.90 Å². The largest absolute Gasteiger partial charge is 0.320 e. The van der Waals surface area contributed by atoms with Crippen molar-refractivity contribution >= 4 is 10.0 Å². The molecule has 2 rings (SSSR count). The second-order valence-corrected chi connectivity index (χ2v) is 7.61. The van der Waals surface area contributed by atoms with E-state index >= 15 is 0 Å². The molecule has 21 heavy (non-hydrogen) atoms. The normalized spacial score (nSPS) is 20.9.